The SMILES string of the molecule is Cc1cccc(NC(=O)[C@@H]2CCCN(C(=O)CCCN(C)S(=O)(=O)c3ccc(F)cc3)C2)n1. The first-order valence-corrected chi connectivity index (χ1v) is 12.3. The number of likely N-dealkylation sites (tertiary alicyclic amines) is 1. The molecule has 1 N–H and O–H groups in total. The van der Waals surface area contributed by atoms with Crippen molar-refractivity contribution in [2.24, 2.45) is 5.92 Å². The van der Waals surface area contributed by atoms with E-state index in [9.17, 15) is 22.4 Å². The van der Waals surface area contributed by atoms with Crippen LogP contribution in [0.5, 0.6) is 0 Å². The van der Waals surface area contributed by atoms with Gasteiger partial charge in [-0.25, -0.2) is 22.1 Å². The summed E-state index contributed by atoms with van der Waals surface area (Å²) in [6.07, 6.45) is 1.94. The maximum absolute atomic E-state index is 13.1. The Balaban J connectivity index is 1.48. The molecule has 3 rings (SSSR count). The molecule has 1 saturated heterocycles. The summed E-state index contributed by atoms with van der Waals surface area (Å²) in [5, 5.41) is 2.82. The number of nitrogens with one attached hydrogen (secondary N) is 1. The second-order valence-corrected chi connectivity index (χ2v) is 10.3. The first kappa shape index (κ1) is 24.8. The summed E-state index contributed by atoms with van der Waals surface area (Å²) < 4.78 is 39.4. The van der Waals surface area contributed by atoms with Crippen molar-refractivity contribution in [2.75, 3.05) is 32.0 Å². The van der Waals surface area contributed by atoms with Crippen molar-refractivity contribution in [2.45, 2.75) is 37.5 Å². The number of aromatic nitrogens is 1. The number of piperidine rings is 1. The molecule has 0 spiro atoms. The summed E-state index contributed by atoms with van der Waals surface area (Å²) in [6.45, 7) is 2.91. The summed E-state index contributed by atoms with van der Waals surface area (Å²) in [6, 6.07) is 10.0. The van der Waals surface area contributed by atoms with Gasteiger partial charge < -0.3 is 10.2 Å². The Labute approximate surface area is 193 Å². The van der Waals surface area contributed by atoms with Gasteiger partial charge in [-0.2, -0.15) is 0 Å². The molecule has 178 valence electrons. The van der Waals surface area contributed by atoms with Gasteiger partial charge in [0.25, 0.3) is 0 Å². The summed E-state index contributed by atoms with van der Waals surface area (Å²) in [4.78, 5) is 31.3. The van der Waals surface area contributed by atoms with Gasteiger partial charge in [-0.1, -0.05) is 6.07 Å². The number of aryl methyl sites for hydroxylation is 1. The number of hydrogen-bond donors (Lipinski definition) is 1. The van der Waals surface area contributed by atoms with Gasteiger partial charge in [0, 0.05) is 38.8 Å². The molecule has 0 bridgehead atoms. The zero-order chi connectivity index (χ0) is 24.0. The number of pyridine rings is 1. The topological polar surface area (TPSA) is 99.7 Å². The third-order valence-corrected chi connectivity index (χ3v) is 7.54. The molecule has 8 nitrogen and oxygen atoms in total. The fourth-order valence-electron chi connectivity index (χ4n) is 3.78. The zero-order valence-electron chi connectivity index (χ0n) is 18.8. The van der Waals surface area contributed by atoms with Crippen molar-refractivity contribution in [3.63, 3.8) is 0 Å². The van der Waals surface area contributed by atoms with E-state index in [0.29, 0.717) is 31.7 Å². The van der Waals surface area contributed by atoms with Crippen LogP contribution in [0.4, 0.5) is 10.2 Å². The highest BCUT2D eigenvalue weighted by molar-refractivity contribution is 7.89. The number of carbonyl (C=O) groups is 2. The van der Waals surface area contributed by atoms with E-state index in [0.717, 1.165) is 28.6 Å². The van der Waals surface area contributed by atoms with Crippen LogP contribution in [0.1, 0.15) is 31.4 Å². The zero-order valence-corrected chi connectivity index (χ0v) is 19.6. The van der Waals surface area contributed by atoms with Crippen LogP contribution in [-0.4, -0.2) is 61.1 Å². The quantitative estimate of drug-likeness (QED) is 0.632. The van der Waals surface area contributed by atoms with Crippen LogP contribution in [-0.2, 0) is 19.6 Å². The van der Waals surface area contributed by atoms with Gasteiger partial charge in [0.05, 0.1) is 10.8 Å². The van der Waals surface area contributed by atoms with Crippen molar-refractivity contribution in [3.8, 4) is 0 Å². The average molecular weight is 477 g/mol. The Morgan fingerprint density at radius 2 is 1.94 bits per heavy atom. The Morgan fingerprint density at radius 3 is 2.64 bits per heavy atom. The number of anilines is 1. The smallest absolute Gasteiger partial charge is 0.242 e. The van der Waals surface area contributed by atoms with Gasteiger partial charge in [-0.15, -0.1) is 0 Å². The van der Waals surface area contributed by atoms with Crippen LogP contribution < -0.4 is 5.32 Å². The fourth-order valence-corrected chi connectivity index (χ4v) is 4.99. The second kappa shape index (κ2) is 10.8. The molecule has 2 amide bonds. The third-order valence-electron chi connectivity index (χ3n) is 5.67. The van der Waals surface area contributed by atoms with Gasteiger partial charge in [-0.3, -0.25) is 9.59 Å². The summed E-state index contributed by atoms with van der Waals surface area (Å²) >= 11 is 0. The molecular formula is C23H29FN4O4S. The molecule has 1 aromatic carbocycles. The Bertz CT molecular complexity index is 1090. The highest BCUT2D eigenvalue weighted by Crippen LogP contribution is 2.20. The lowest BCUT2D eigenvalue weighted by Crippen LogP contribution is -2.44. The molecule has 33 heavy (non-hydrogen) atoms. The van der Waals surface area contributed by atoms with Crippen LogP contribution in [0.2, 0.25) is 0 Å². The molecule has 1 fully saturated rings. The van der Waals surface area contributed by atoms with E-state index < -0.39 is 15.8 Å². The molecule has 10 heteroatoms. The van der Waals surface area contributed by atoms with E-state index in [2.05, 4.69) is 10.3 Å². The van der Waals surface area contributed by atoms with Gasteiger partial charge in [0.15, 0.2) is 0 Å². The largest absolute Gasteiger partial charge is 0.342 e. The van der Waals surface area contributed by atoms with E-state index in [1.807, 2.05) is 19.1 Å². The summed E-state index contributed by atoms with van der Waals surface area (Å²) in [5.41, 5.74) is 0.805. The predicted octanol–water partition coefficient (Wildman–Crippen LogP) is 2.81. The Morgan fingerprint density at radius 1 is 1.21 bits per heavy atom. The number of sulfonamides is 1. The van der Waals surface area contributed by atoms with Crippen LogP contribution in [0, 0.1) is 18.7 Å². The molecular weight excluding hydrogens is 447 g/mol. The van der Waals surface area contributed by atoms with E-state index >= 15 is 0 Å². The van der Waals surface area contributed by atoms with E-state index in [-0.39, 0.29) is 35.6 Å². The van der Waals surface area contributed by atoms with Crippen molar-refractivity contribution in [1.29, 1.82) is 0 Å². The molecule has 1 aliphatic rings. The Kier molecular flexibility index (Phi) is 8.15. The molecule has 2 heterocycles. The minimum atomic E-state index is -3.75. The maximum Gasteiger partial charge on any atom is 0.242 e. The number of rotatable bonds is 8. The van der Waals surface area contributed by atoms with Gasteiger partial charge in [-0.05, 0) is 62.6 Å². The molecule has 1 aliphatic heterocycles. The van der Waals surface area contributed by atoms with E-state index in [1.54, 1.807) is 11.0 Å². The van der Waals surface area contributed by atoms with Crippen LogP contribution in [0.3, 0.4) is 0 Å². The predicted molar refractivity (Wildman–Crippen MR) is 122 cm³/mol. The van der Waals surface area contributed by atoms with E-state index in [1.165, 1.54) is 19.2 Å². The van der Waals surface area contributed by atoms with Crippen molar-refractivity contribution < 1.29 is 22.4 Å². The number of benzene rings is 1. The summed E-state index contributed by atoms with van der Waals surface area (Å²) in [5.74, 6) is -0.587. The van der Waals surface area contributed by atoms with E-state index in [4.69, 9.17) is 0 Å². The fraction of sp³-hybridized carbons (Fsp3) is 0.435. The first-order valence-electron chi connectivity index (χ1n) is 10.9. The maximum atomic E-state index is 13.1. The number of hydrogen-bond acceptors (Lipinski definition) is 5. The van der Waals surface area contributed by atoms with Crippen LogP contribution in [0.15, 0.2) is 47.4 Å². The lowest BCUT2D eigenvalue weighted by molar-refractivity contribution is -0.134. The molecule has 2 aromatic rings. The highest BCUT2D eigenvalue weighted by Gasteiger charge is 2.29. The molecule has 0 radical (unpaired) electrons. The minimum absolute atomic E-state index is 0.00529. The monoisotopic (exact) mass is 476 g/mol. The van der Waals surface area contributed by atoms with Gasteiger partial charge in [0.2, 0.25) is 21.8 Å². The molecule has 0 aliphatic carbocycles. The molecule has 0 unspecified atom stereocenters. The normalized spacial score (nSPS) is 16.6. The van der Waals surface area contributed by atoms with Gasteiger partial charge in [0.1, 0.15) is 11.6 Å². The Hall–Kier alpha value is -2.85. The number of nitrogens with zero attached hydrogens (tertiary/aromatic N) is 3. The highest BCUT2D eigenvalue weighted by atomic mass is 32.2. The minimum Gasteiger partial charge on any atom is -0.342 e. The molecule has 0 saturated carbocycles. The van der Waals surface area contributed by atoms with Gasteiger partial charge >= 0.3 is 0 Å². The van der Waals surface area contributed by atoms with Crippen molar-refractivity contribution >= 4 is 27.7 Å². The lowest BCUT2D eigenvalue weighted by Gasteiger charge is -2.32. The average Bonchev–Trinajstić information content (AvgIpc) is 2.79. The lowest BCUT2D eigenvalue weighted by atomic mass is 9.96. The number of halogens is 1. The second-order valence-electron chi connectivity index (χ2n) is 8.22. The number of amides is 2. The van der Waals surface area contributed by atoms with Crippen molar-refractivity contribution in [3.05, 3.63) is 54.0 Å². The first-order chi connectivity index (χ1) is 15.7. The van der Waals surface area contributed by atoms with Crippen molar-refractivity contribution in [1.82, 2.24) is 14.2 Å². The van der Waals surface area contributed by atoms with Crippen LogP contribution >= 0.6 is 0 Å². The molecule has 1 atom stereocenters. The summed E-state index contributed by atoms with van der Waals surface area (Å²) in [7, 11) is -2.31. The standard InChI is InChI=1S/C23H29FN4O4S/c1-17-6-3-8-21(25-17)26-23(30)18-7-4-15-28(16-18)22(29)9-5-14-27(2)33(31,32)20-12-10-19(24)11-13-20/h3,6,8,10-13,18H,4-5,7,9,14-16H2,1-2H3,(H,25,26,30)/t18-/m1/s1. The molecule has 1 aromatic heterocycles. The van der Waals surface area contributed by atoms with Crippen LogP contribution in [0.25, 0.3) is 0 Å². The number of carbonyl (C=O) groups excluding carboxylic acids is 2. The third kappa shape index (κ3) is 6.58.